The molecule has 0 aliphatic heterocycles. The predicted octanol–water partition coefficient (Wildman–Crippen LogP) is 1.25. The van der Waals surface area contributed by atoms with Gasteiger partial charge < -0.3 is 25.3 Å². The number of aromatic hydroxyl groups is 2. The van der Waals surface area contributed by atoms with E-state index in [2.05, 4.69) is 0 Å². The Morgan fingerprint density at radius 2 is 1.54 bits per heavy atom. The summed E-state index contributed by atoms with van der Waals surface area (Å²) in [5.74, 6) is -1.47. The Hall–Kier alpha value is -2.90. The van der Waals surface area contributed by atoms with E-state index in [1.54, 1.807) is 37.3 Å². The van der Waals surface area contributed by atoms with Crippen molar-refractivity contribution in [1.29, 1.82) is 0 Å². The molecule has 0 aliphatic carbocycles. The maximum Gasteiger partial charge on any atom is 0.227 e. The monoisotopic (exact) mass is 387 g/mol. The Bertz CT molecular complexity index is 829. The molecule has 0 atom stereocenters. The van der Waals surface area contributed by atoms with Crippen LogP contribution in [0.1, 0.15) is 34.0 Å². The predicted molar refractivity (Wildman–Crippen MR) is 103 cm³/mol. The van der Waals surface area contributed by atoms with Gasteiger partial charge in [0, 0.05) is 24.7 Å². The van der Waals surface area contributed by atoms with E-state index in [4.69, 9.17) is 10.2 Å². The van der Waals surface area contributed by atoms with Crippen LogP contribution in [-0.4, -0.2) is 63.3 Å². The van der Waals surface area contributed by atoms with Crippen molar-refractivity contribution < 1.29 is 30.0 Å². The Kier molecular flexibility index (Phi) is 7.54. The number of aliphatic hydroxyl groups is 2. The topological polar surface area (TPSA) is 118 Å². The van der Waals surface area contributed by atoms with Crippen LogP contribution in [0.5, 0.6) is 11.5 Å². The Morgan fingerprint density at radius 3 is 2.07 bits per heavy atom. The second-order valence-corrected chi connectivity index (χ2v) is 6.30. The Morgan fingerprint density at radius 1 is 0.929 bits per heavy atom. The molecule has 0 unspecified atom stereocenters. The number of amides is 1. The summed E-state index contributed by atoms with van der Waals surface area (Å²) in [5, 5.41) is 38.9. The number of hydrogen-bond donors (Lipinski definition) is 4. The van der Waals surface area contributed by atoms with Crippen LogP contribution in [0.15, 0.2) is 36.4 Å². The van der Waals surface area contributed by atoms with Gasteiger partial charge in [-0.05, 0) is 17.5 Å². The molecular formula is C21H25NO6. The molecule has 0 aromatic heterocycles. The van der Waals surface area contributed by atoms with E-state index >= 15 is 0 Å². The van der Waals surface area contributed by atoms with Gasteiger partial charge in [-0.3, -0.25) is 9.59 Å². The third-order valence-corrected chi connectivity index (χ3v) is 4.54. The van der Waals surface area contributed by atoms with Gasteiger partial charge in [-0.2, -0.15) is 0 Å². The Labute approximate surface area is 163 Å². The maximum absolute atomic E-state index is 13.0. The molecule has 7 heteroatoms. The number of rotatable bonds is 9. The number of phenols is 2. The first-order valence-electron chi connectivity index (χ1n) is 9.10. The van der Waals surface area contributed by atoms with Crippen molar-refractivity contribution in [2.24, 2.45) is 0 Å². The SMILES string of the molecule is CCc1c(O)cc(O)c(C(=O)c2ccccc2)c1CC(=O)N(CCO)CCO. The summed E-state index contributed by atoms with van der Waals surface area (Å²) in [5.41, 5.74) is 0.974. The lowest BCUT2D eigenvalue weighted by molar-refractivity contribution is -0.131. The number of benzene rings is 2. The summed E-state index contributed by atoms with van der Waals surface area (Å²) in [6.07, 6.45) is 0.100. The first-order valence-corrected chi connectivity index (χ1v) is 9.10. The molecule has 4 N–H and O–H groups in total. The smallest absolute Gasteiger partial charge is 0.227 e. The lowest BCUT2D eigenvalue weighted by atomic mass is 9.89. The normalized spacial score (nSPS) is 10.7. The van der Waals surface area contributed by atoms with Crippen LogP contribution < -0.4 is 0 Å². The van der Waals surface area contributed by atoms with Crippen LogP contribution in [0.2, 0.25) is 0 Å². The van der Waals surface area contributed by atoms with E-state index in [0.29, 0.717) is 17.5 Å². The summed E-state index contributed by atoms with van der Waals surface area (Å²) in [6.45, 7) is 1.30. The number of aliphatic hydroxyl groups excluding tert-OH is 2. The number of carbonyl (C=O) groups is 2. The number of hydrogen-bond acceptors (Lipinski definition) is 6. The van der Waals surface area contributed by atoms with Gasteiger partial charge in [0.2, 0.25) is 5.91 Å². The van der Waals surface area contributed by atoms with Crippen LogP contribution in [0.3, 0.4) is 0 Å². The molecule has 150 valence electrons. The second kappa shape index (κ2) is 9.87. The van der Waals surface area contributed by atoms with Gasteiger partial charge in [-0.1, -0.05) is 37.3 Å². The second-order valence-electron chi connectivity index (χ2n) is 6.30. The first kappa shape index (κ1) is 21.4. The van der Waals surface area contributed by atoms with Crippen molar-refractivity contribution in [1.82, 2.24) is 4.90 Å². The van der Waals surface area contributed by atoms with E-state index < -0.39 is 17.4 Å². The highest BCUT2D eigenvalue weighted by Gasteiger charge is 2.26. The molecule has 2 aromatic carbocycles. The molecule has 0 saturated carbocycles. The molecule has 2 aromatic rings. The minimum atomic E-state index is -0.452. The average molecular weight is 387 g/mol. The van der Waals surface area contributed by atoms with Crippen molar-refractivity contribution in [3.05, 3.63) is 58.7 Å². The molecular weight excluding hydrogens is 362 g/mol. The summed E-state index contributed by atoms with van der Waals surface area (Å²) in [6, 6.07) is 9.48. The number of carbonyl (C=O) groups excluding carboxylic acids is 2. The minimum absolute atomic E-state index is 0.0258. The maximum atomic E-state index is 13.0. The lowest BCUT2D eigenvalue weighted by Gasteiger charge is -2.23. The van der Waals surface area contributed by atoms with Gasteiger partial charge >= 0.3 is 0 Å². The Balaban J connectivity index is 2.54. The fraction of sp³-hybridized carbons (Fsp3) is 0.333. The first-order chi connectivity index (χ1) is 13.4. The standard InChI is InChI=1S/C21H25NO6/c1-2-15-16(12-19(27)22(8-10-23)9-11-24)20(18(26)13-17(15)25)21(28)14-6-4-3-5-7-14/h3-7,13,23-26H,2,8-12H2,1H3. The van der Waals surface area contributed by atoms with Crippen molar-refractivity contribution in [3.8, 4) is 11.5 Å². The molecule has 0 aliphatic rings. The van der Waals surface area contributed by atoms with E-state index in [1.165, 1.54) is 4.90 Å². The zero-order valence-corrected chi connectivity index (χ0v) is 15.8. The number of phenolic OH excluding ortho intramolecular Hbond substituents is 2. The van der Waals surface area contributed by atoms with Gasteiger partial charge in [-0.15, -0.1) is 0 Å². The van der Waals surface area contributed by atoms with Gasteiger partial charge in [0.25, 0.3) is 0 Å². The number of ketones is 1. The minimum Gasteiger partial charge on any atom is -0.508 e. The lowest BCUT2D eigenvalue weighted by Crippen LogP contribution is -2.37. The van der Waals surface area contributed by atoms with Gasteiger partial charge in [0.1, 0.15) is 11.5 Å². The highest BCUT2D eigenvalue weighted by atomic mass is 16.3. The number of nitrogens with zero attached hydrogens (tertiary/aromatic N) is 1. The average Bonchev–Trinajstić information content (AvgIpc) is 2.68. The molecule has 0 radical (unpaired) electrons. The van der Waals surface area contributed by atoms with E-state index in [0.717, 1.165) is 6.07 Å². The molecule has 0 heterocycles. The van der Waals surface area contributed by atoms with Crippen molar-refractivity contribution in [2.45, 2.75) is 19.8 Å². The molecule has 28 heavy (non-hydrogen) atoms. The van der Waals surface area contributed by atoms with Crippen LogP contribution in [0.4, 0.5) is 0 Å². The van der Waals surface area contributed by atoms with Gasteiger partial charge in [0.05, 0.1) is 25.2 Å². The fourth-order valence-electron chi connectivity index (χ4n) is 3.19. The third-order valence-electron chi connectivity index (χ3n) is 4.54. The fourth-order valence-corrected chi connectivity index (χ4v) is 3.19. The van der Waals surface area contributed by atoms with E-state index in [-0.39, 0.29) is 49.6 Å². The molecule has 0 saturated heterocycles. The molecule has 1 amide bonds. The van der Waals surface area contributed by atoms with Crippen molar-refractivity contribution >= 4 is 11.7 Å². The van der Waals surface area contributed by atoms with Gasteiger partial charge in [-0.25, -0.2) is 0 Å². The summed E-state index contributed by atoms with van der Waals surface area (Å²) < 4.78 is 0. The molecule has 0 fully saturated rings. The molecule has 0 spiro atoms. The van der Waals surface area contributed by atoms with Crippen LogP contribution in [0.25, 0.3) is 0 Å². The van der Waals surface area contributed by atoms with E-state index in [1.807, 2.05) is 0 Å². The zero-order chi connectivity index (χ0) is 20.7. The van der Waals surface area contributed by atoms with Crippen LogP contribution in [-0.2, 0) is 17.6 Å². The third kappa shape index (κ3) is 4.68. The molecule has 0 bridgehead atoms. The summed E-state index contributed by atoms with van der Waals surface area (Å²) in [4.78, 5) is 27.0. The largest absolute Gasteiger partial charge is 0.508 e. The zero-order valence-electron chi connectivity index (χ0n) is 15.8. The highest BCUT2D eigenvalue weighted by molar-refractivity contribution is 6.12. The quantitative estimate of drug-likeness (QED) is 0.481. The molecule has 7 nitrogen and oxygen atoms in total. The van der Waals surface area contributed by atoms with Gasteiger partial charge in [0.15, 0.2) is 5.78 Å². The highest BCUT2D eigenvalue weighted by Crippen LogP contribution is 2.35. The summed E-state index contributed by atoms with van der Waals surface area (Å²) >= 11 is 0. The van der Waals surface area contributed by atoms with Crippen molar-refractivity contribution in [2.75, 3.05) is 26.3 Å². The van der Waals surface area contributed by atoms with Crippen molar-refractivity contribution in [3.63, 3.8) is 0 Å². The van der Waals surface area contributed by atoms with Crippen LogP contribution in [0, 0.1) is 0 Å². The molecule has 2 rings (SSSR count). The van der Waals surface area contributed by atoms with Crippen LogP contribution >= 0.6 is 0 Å². The summed E-state index contributed by atoms with van der Waals surface area (Å²) in [7, 11) is 0. The van der Waals surface area contributed by atoms with E-state index in [9.17, 15) is 19.8 Å².